The molecule has 28 heavy (non-hydrogen) atoms. The van der Waals surface area contributed by atoms with Crippen molar-refractivity contribution in [2.75, 3.05) is 32.2 Å². The molecule has 2 aliphatic heterocycles. The molecule has 4 atom stereocenters. The van der Waals surface area contributed by atoms with Gasteiger partial charge in [-0.1, -0.05) is 12.1 Å². The van der Waals surface area contributed by atoms with Gasteiger partial charge in [-0.2, -0.15) is 0 Å². The molecule has 4 rings (SSSR count). The zero-order valence-corrected chi connectivity index (χ0v) is 15.3. The zero-order chi connectivity index (χ0) is 19.5. The third-order valence-electron chi connectivity index (χ3n) is 4.77. The molecular formula is C19H21FN4O4. The Hall–Kier alpha value is -2.62. The molecule has 3 heterocycles. The van der Waals surface area contributed by atoms with Crippen LogP contribution in [0.25, 0.3) is 11.3 Å². The van der Waals surface area contributed by atoms with E-state index in [0.717, 1.165) is 0 Å². The van der Waals surface area contributed by atoms with Crippen molar-refractivity contribution in [3.8, 4) is 11.3 Å². The molecule has 1 aromatic heterocycles. The van der Waals surface area contributed by atoms with Crippen LogP contribution in [0.2, 0.25) is 0 Å². The number of nitrogens with one attached hydrogen (secondary N) is 2. The van der Waals surface area contributed by atoms with E-state index in [2.05, 4.69) is 20.6 Å². The highest BCUT2D eigenvalue weighted by Crippen LogP contribution is 2.29. The number of anilines is 1. The fourth-order valence-corrected chi connectivity index (χ4v) is 3.53. The maximum absolute atomic E-state index is 13.5. The van der Waals surface area contributed by atoms with Crippen LogP contribution in [0.15, 0.2) is 36.5 Å². The number of fused-ring (bicyclic) bond motifs is 1. The van der Waals surface area contributed by atoms with Gasteiger partial charge in [0.25, 0.3) is 0 Å². The van der Waals surface area contributed by atoms with Crippen LogP contribution in [0, 0.1) is 5.82 Å². The van der Waals surface area contributed by atoms with Gasteiger partial charge in [-0.3, -0.25) is 4.79 Å². The summed E-state index contributed by atoms with van der Waals surface area (Å²) in [4.78, 5) is 20.5. The Bertz CT molecular complexity index is 852. The summed E-state index contributed by atoms with van der Waals surface area (Å²) in [6, 6.07) is 7.59. The average Bonchev–Trinajstić information content (AvgIpc) is 3.26. The van der Waals surface area contributed by atoms with Crippen LogP contribution in [0.1, 0.15) is 0 Å². The topological polar surface area (TPSA) is 94.6 Å². The van der Waals surface area contributed by atoms with E-state index in [0.29, 0.717) is 30.4 Å². The van der Waals surface area contributed by atoms with Gasteiger partial charge in [0, 0.05) is 18.9 Å². The van der Waals surface area contributed by atoms with Gasteiger partial charge in [0.2, 0.25) is 11.9 Å². The van der Waals surface area contributed by atoms with Crippen molar-refractivity contribution in [3.63, 3.8) is 0 Å². The highest BCUT2D eigenvalue weighted by atomic mass is 19.1. The minimum atomic E-state index is -0.321. The summed E-state index contributed by atoms with van der Waals surface area (Å²) in [5.41, 5.74) is 1.29. The molecule has 9 heteroatoms. The standard InChI is InChI=1S/C19H21FN4O4/c1-26-10-16(25)22-14-8-27-18-15(9-28-17(14)18)24-19-21-6-5-13(23-19)11-3-2-4-12(20)7-11/h2-7,14-15,17-18H,8-10H2,1H3,(H,22,25)(H,21,23,24)/t14-,15-,17+,18+/m0/s1. The zero-order valence-electron chi connectivity index (χ0n) is 15.3. The maximum Gasteiger partial charge on any atom is 0.246 e. The van der Waals surface area contributed by atoms with E-state index < -0.39 is 0 Å². The van der Waals surface area contributed by atoms with Crippen LogP contribution in [-0.4, -0.2) is 67.1 Å². The van der Waals surface area contributed by atoms with Crippen LogP contribution in [0.4, 0.5) is 10.3 Å². The lowest BCUT2D eigenvalue weighted by molar-refractivity contribution is -0.126. The van der Waals surface area contributed by atoms with Gasteiger partial charge in [0.05, 0.1) is 31.0 Å². The van der Waals surface area contributed by atoms with Crippen molar-refractivity contribution in [2.45, 2.75) is 24.3 Å². The SMILES string of the molecule is COCC(=O)N[C@H]1CO[C@H]2[C@@H]1OC[C@@H]2Nc1nccc(-c2cccc(F)c2)n1. The van der Waals surface area contributed by atoms with E-state index in [-0.39, 0.29) is 42.6 Å². The van der Waals surface area contributed by atoms with Gasteiger partial charge in [-0.15, -0.1) is 0 Å². The Morgan fingerprint density at radius 2 is 2.04 bits per heavy atom. The van der Waals surface area contributed by atoms with Crippen LogP contribution in [0.5, 0.6) is 0 Å². The second-order valence-electron chi connectivity index (χ2n) is 6.73. The molecule has 0 spiro atoms. The Balaban J connectivity index is 1.42. The summed E-state index contributed by atoms with van der Waals surface area (Å²) in [7, 11) is 1.47. The van der Waals surface area contributed by atoms with Crippen molar-refractivity contribution >= 4 is 11.9 Å². The molecule has 1 amide bonds. The predicted octanol–water partition coefficient (Wildman–Crippen LogP) is 0.992. The monoisotopic (exact) mass is 388 g/mol. The minimum absolute atomic E-state index is 0.00369. The first-order valence-corrected chi connectivity index (χ1v) is 9.01. The molecular weight excluding hydrogens is 367 g/mol. The number of hydrogen-bond donors (Lipinski definition) is 2. The Morgan fingerprint density at radius 3 is 2.82 bits per heavy atom. The number of ether oxygens (including phenoxy) is 3. The molecule has 0 saturated carbocycles. The molecule has 2 aliphatic rings. The van der Waals surface area contributed by atoms with Crippen molar-refractivity contribution < 1.29 is 23.4 Å². The number of hydrogen-bond acceptors (Lipinski definition) is 7. The quantitative estimate of drug-likeness (QED) is 0.762. The lowest BCUT2D eigenvalue weighted by Crippen LogP contribution is -2.45. The molecule has 1 aromatic carbocycles. The number of halogens is 1. The number of nitrogens with zero attached hydrogens (tertiary/aromatic N) is 2. The summed E-state index contributed by atoms with van der Waals surface area (Å²) in [6.45, 7) is 0.767. The molecule has 0 unspecified atom stereocenters. The highest BCUT2D eigenvalue weighted by molar-refractivity contribution is 5.77. The van der Waals surface area contributed by atoms with Crippen molar-refractivity contribution in [2.24, 2.45) is 0 Å². The van der Waals surface area contributed by atoms with E-state index in [4.69, 9.17) is 14.2 Å². The molecule has 2 fully saturated rings. The number of carbonyl (C=O) groups excluding carboxylic acids is 1. The highest BCUT2D eigenvalue weighted by Gasteiger charge is 2.48. The Labute approximate surface area is 161 Å². The molecule has 2 saturated heterocycles. The van der Waals surface area contributed by atoms with E-state index in [1.807, 2.05) is 0 Å². The predicted molar refractivity (Wildman–Crippen MR) is 98.1 cm³/mol. The van der Waals surface area contributed by atoms with Crippen LogP contribution < -0.4 is 10.6 Å². The van der Waals surface area contributed by atoms with Gasteiger partial charge < -0.3 is 24.8 Å². The van der Waals surface area contributed by atoms with Crippen LogP contribution >= 0.6 is 0 Å². The maximum atomic E-state index is 13.5. The minimum Gasteiger partial charge on any atom is -0.375 e. The Morgan fingerprint density at radius 1 is 1.25 bits per heavy atom. The largest absolute Gasteiger partial charge is 0.375 e. The van der Waals surface area contributed by atoms with Gasteiger partial charge in [0.1, 0.15) is 24.6 Å². The molecule has 148 valence electrons. The first-order valence-electron chi connectivity index (χ1n) is 9.01. The summed E-state index contributed by atoms with van der Waals surface area (Å²) in [6.07, 6.45) is 1.14. The lowest BCUT2D eigenvalue weighted by Gasteiger charge is -2.18. The fraction of sp³-hybridized carbons (Fsp3) is 0.421. The lowest BCUT2D eigenvalue weighted by atomic mass is 10.1. The smallest absolute Gasteiger partial charge is 0.246 e. The molecule has 0 bridgehead atoms. The van der Waals surface area contributed by atoms with Gasteiger partial charge >= 0.3 is 0 Å². The van der Waals surface area contributed by atoms with E-state index in [9.17, 15) is 9.18 Å². The van der Waals surface area contributed by atoms with E-state index in [1.54, 1.807) is 24.4 Å². The average molecular weight is 388 g/mol. The first kappa shape index (κ1) is 18.7. The van der Waals surface area contributed by atoms with Crippen LogP contribution in [-0.2, 0) is 19.0 Å². The third kappa shape index (κ3) is 3.96. The normalized spacial score (nSPS) is 26.1. The number of aromatic nitrogens is 2. The van der Waals surface area contributed by atoms with E-state index >= 15 is 0 Å². The molecule has 8 nitrogen and oxygen atoms in total. The molecule has 0 aliphatic carbocycles. The third-order valence-corrected chi connectivity index (χ3v) is 4.77. The van der Waals surface area contributed by atoms with Crippen molar-refractivity contribution in [1.82, 2.24) is 15.3 Å². The summed E-state index contributed by atoms with van der Waals surface area (Å²) < 4.78 is 30.0. The van der Waals surface area contributed by atoms with Gasteiger partial charge in [-0.05, 0) is 18.2 Å². The molecule has 2 N–H and O–H groups in total. The fourth-order valence-electron chi connectivity index (χ4n) is 3.53. The van der Waals surface area contributed by atoms with Crippen molar-refractivity contribution in [3.05, 3.63) is 42.3 Å². The second-order valence-corrected chi connectivity index (χ2v) is 6.73. The van der Waals surface area contributed by atoms with E-state index in [1.165, 1.54) is 19.2 Å². The molecule has 2 aromatic rings. The Kier molecular flexibility index (Phi) is 5.47. The number of rotatable bonds is 6. The first-order chi connectivity index (χ1) is 13.6. The second kappa shape index (κ2) is 8.17. The molecule has 0 radical (unpaired) electrons. The number of amides is 1. The van der Waals surface area contributed by atoms with Gasteiger partial charge in [0.15, 0.2) is 0 Å². The van der Waals surface area contributed by atoms with Crippen molar-refractivity contribution in [1.29, 1.82) is 0 Å². The van der Waals surface area contributed by atoms with Gasteiger partial charge in [-0.25, -0.2) is 14.4 Å². The summed E-state index contributed by atoms with van der Waals surface area (Å²) >= 11 is 0. The number of carbonyl (C=O) groups is 1. The summed E-state index contributed by atoms with van der Waals surface area (Å²) in [5, 5.41) is 6.10. The number of methoxy groups -OCH3 is 1. The van der Waals surface area contributed by atoms with Crippen LogP contribution in [0.3, 0.4) is 0 Å². The summed E-state index contributed by atoms with van der Waals surface area (Å²) in [5.74, 6) is -0.118. The number of benzene rings is 1.